The molecule has 1 N–H and O–H groups in total. The van der Waals surface area contributed by atoms with Gasteiger partial charge in [-0.2, -0.15) is 0 Å². The van der Waals surface area contributed by atoms with Crippen LogP contribution in [0.2, 0.25) is 0 Å². The molecule has 0 bridgehead atoms. The van der Waals surface area contributed by atoms with E-state index in [1.165, 1.54) is 76.5 Å². The molecule has 1 heterocycles. The van der Waals surface area contributed by atoms with Gasteiger partial charge in [0.1, 0.15) is 0 Å². The van der Waals surface area contributed by atoms with Crippen molar-refractivity contribution < 1.29 is 9.52 Å². The summed E-state index contributed by atoms with van der Waals surface area (Å²) in [6.45, 7) is 2.27. The van der Waals surface area contributed by atoms with E-state index in [4.69, 9.17) is 4.42 Å². The Morgan fingerprint density at radius 3 is 2.00 bits per heavy atom. The molecule has 34 heavy (non-hydrogen) atoms. The molecule has 1 aromatic rings. The molecule has 3 nitrogen and oxygen atoms in total. The van der Waals surface area contributed by atoms with E-state index < -0.39 is 0 Å². The Morgan fingerprint density at radius 1 is 0.971 bits per heavy atom. The van der Waals surface area contributed by atoms with Crippen molar-refractivity contribution in [3.8, 4) is 5.75 Å². The summed E-state index contributed by atoms with van der Waals surface area (Å²) in [6, 6.07) is 4.05. The molecule has 1 rings (SSSR count). The van der Waals surface area contributed by atoms with Gasteiger partial charge in [0, 0.05) is 0 Å². The fraction of sp³-hybridized carbons (Fsp3) is 0.722. The van der Waals surface area contributed by atoms with E-state index in [-0.39, 0.29) is 21.5 Å². The van der Waals surface area contributed by atoms with Gasteiger partial charge in [0.2, 0.25) is 0 Å². The third-order valence-corrected chi connectivity index (χ3v) is 9.11. The number of aromatic hydroxyl groups is 1. The van der Waals surface area contributed by atoms with E-state index in [1.807, 2.05) is 0 Å². The minimum absolute atomic E-state index is 0.0257. The third kappa shape index (κ3) is 12.7. The number of unbranched alkanes of at least 4 members (excludes halogenated alkanes) is 9. The standard InChI is InChI=1S/C18H41B12O3S/c1-2-3-4-5-6-7-8-9-10-11-12-34(15-16-13-17(31)18(32)14-33-16)25-29(26(19)20)30(27(21)22)28(23)24/h13-14,21,32H,2-12,15,19-20,22-24H2,1H3/q-1/i19-1,20-1,21-1,22-1,23-1,24-1,25-1,26-1,27-1,28-1,29-1,30-1. The van der Waals surface area contributed by atoms with Gasteiger partial charge in [-0.1, -0.05) is 6.92 Å². The van der Waals surface area contributed by atoms with Crippen molar-refractivity contribution in [3.63, 3.8) is 0 Å². The summed E-state index contributed by atoms with van der Waals surface area (Å²) < 4.78 is 5.59. The molecule has 0 spiro atoms. The van der Waals surface area contributed by atoms with E-state index in [0.29, 0.717) is 37.7 Å². The molecule has 0 amide bonds. The van der Waals surface area contributed by atoms with Gasteiger partial charge >= 0.3 is 214 Å². The number of hydrogen-bond donors (Lipinski definition) is 1. The van der Waals surface area contributed by atoms with Crippen LogP contribution in [0.15, 0.2) is 21.5 Å². The molecule has 0 saturated carbocycles. The molecule has 0 aliphatic carbocycles. The van der Waals surface area contributed by atoms with Crippen LogP contribution in [0.25, 0.3) is 0 Å². The second-order valence-corrected chi connectivity index (χ2v) is 13.0. The predicted octanol–water partition coefficient (Wildman–Crippen LogP) is -2.01. The van der Waals surface area contributed by atoms with E-state index >= 15 is 0 Å². The van der Waals surface area contributed by atoms with Gasteiger partial charge in [-0.25, -0.2) is 0 Å². The Kier molecular flexibility index (Phi) is 17.1. The fourth-order valence-electron chi connectivity index (χ4n) is 5.06. The molecule has 16 heteroatoms. The van der Waals surface area contributed by atoms with Crippen LogP contribution in [0.4, 0.5) is 0 Å². The topological polar surface area (TPSA) is 50.4 Å². The zero-order valence-corrected chi connectivity index (χ0v) is 23.8. The molecule has 0 aliphatic rings. The summed E-state index contributed by atoms with van der Waals surface area (Å²) in [7, 11) is 15.9. The normalized spacial score (nSPS) is 11.6. The zero-order chi connectivity index (χ0) is 25.5. The first-order chi connectivity index (χ1) is 16.2. The van der Waals surface area contributed by atoms with Gasteiger partial charge in [0.15, 0.2) is 0 Å². The molecule has 1 atom stereocenters. The van der Waals surface area contributed by atoms with Gasteiger partial charge in [0.05, 0.1) is 0 Å². The quantitative estimate of drug-likeness (QED) is 0.205. The van der Waals surface area contributed by atoms with Crippen LogP contribution < -0.4 is 5.43 Å². The number of rotatable bonds is 18. The minimum atomic E-state index is -0.351. The average Bonchev–Trinajstić information content (AvgIpc) is 2.76. The maximum absolute atomic E-state index is 12.0. The van der Waals surface area contributed by atoms with Crippen LogP contribution in [-0.4, -0.2) is 95.3 Å². The zero-order valence-electron chi connectivity index (χ0n) is 23.0. The molecule has 2 radical (unpaired) electrons. The monoisotopic (exact) mass is 457 g/mol. The summed E-state index contributed by atoms with van der Waals surface area (Å²) in [6.07, 6.45) is 17.1. The Bertz CT molecular complexity index is 769. The SMILES string of the molecule is [10BH-][10B]([10BH2])[10B]([10B]([10BH2])[10BH2])[10B]([10B]=S(CCCCCCCCCCCC)Cc1cc(=O)c(O)co1)[10B]([10BH2])[10BH2]. The van der Waals surface area contributed by atoms with E-state index in [2.05, 4.69) is 59.4 Å². The summed E-state index contributed by atoms with van der Waals surface area (Å²) in [5, 5.41) is 9.58. The Morgan fingerprint density at radius 2 is 1.53 bits per heavy atom. The molecule has 0 saturated heterocycles. The second-order valence-electron chi connectivity index (χ2n) is 10.9. The Labute approximate surface area is 220 Å². The van der Waals surface area contributed by atoms with Gasteiger partial charge < -0.3 is 0 Å². The van der Waals surface area contributed by atoms with Crippen molar-refractivity contribution in [2.75, 3.05) is 5.75 Å². The molecule has 1 unspecified atom stereocenters. The summed E-state index contributed by atoms with van der Waals surface area (Å²) in [4.78, 5) is 12.0. The molecule has 0 aliphatic heterocycles. The van der Waals surface area contributed by atoms with E-state index in [0.717, 1.165) is 11.5 Å². The molecular weight excluding hydrogens is 416 g/mol. The first-order valence-electron chi connectivity index (χ1n) is 13.8. The van der Waals surface area contributed by atoms with Crippen molar-refractivity contribution >= 4 is 94.7 Å². The summed E-state index contributed by atoms with van der Waals surface area (Å²) in [5.74, 6) is 2.25. The van der Waals surface area contributed by atoms with Crippen LogP contribution in [0, 0.1) is 0 Å². The molecule has 174 valence electrons. The third-order valence-electron chi connectivity index (χ3n) is 6.94. The van der Waals surface area contributed by atoms with Gasteiger partial charge in [-0.15, -0.1) is 0 Å². The van der Waals surface area contributed by atoms with Crippen LogP contribution in [-0.2, 0) is 5.75 Å². The van der Waals surface area contributed by atoms with E-state index in [1.54, 1.807) is 0 Å². The fourth-order valence-corrected chi connectivity index (χ4v) is 7.47. The average molecular weight is 458 g/mol. The van der Waals surface area contributed by atoms with Gasteiger partial charge in [0.25, 0.3) is 0 Å². The molecule has 1 aromatic heterocycles. The van der Waals surface area contributed by atoms with Crippen molar-refractivity contribution in [2.45, 2.75) is 76.9 Å². The van der Waals surface area contributed by atoms with Crippen LogP contribution in [0.1, 0.15) is 76.9 Å². The van der Waals surface area contributed by atoms with Crippen LogP contribution in [0.3, 0.4) is 0 Å². The molecule has 0 fully saturated rings. The van der Waals surface area contributed by atoms with Crippen molar-refractivity contribution in [3.05, 3.63) is 28.3 Å². The van der Waals surface area contributed by atoms with Gasteiger partial charge in [-0.3, -0.25) is 0 Å². The van der Waals surface area contributed by atoms with E-state index in [9.17, 15) is 9.90 Å². The van der Waals surface area contributed by atoms with Crippen molar-refractivity contribution in [1.82, 2.24) is 0 Å². The first-order valence-corrected chi connectivity index (χ1v) is 15.4. The molecule has 0 aromatic carbocycles. The van der Waals surface area contributed by atoms with Gasteiger partial charge in [-0.05, 0) is 0 Å². The Hall–Kier alpha value is -0.121. The maximum atomic E-state index is 12.0. The summed E-state index contributed by atoms with van der Waals surface area (Å²) in [5.41, 5.74) is -0.351. The van der Waals surface area contributed by atoms with Crippen LogP contribution in [0.5, 0.6) is 5.75 Å². The Balaban J connectivity index is 2.83. The van der Waals surface area contributed by atoms with Crippen LogP contribution >= 0.6 is 10.3 Å². The number of hydrogen-bond acceptors (Lipinski definition) is 3. The first kappa shape index (κ1) is 31.9. The van der Waals surface area contributed by atoms with Crippen molar-refractivity contribution in [2.24, 2.45) is 0 Å². The second kappa shape index (κ2) is 18.2. The predicted molar refractivity (Wildman–Crippen MR) is 179 cm³/mol. The summed E-state index contributed by atoms with van der Waals surface area (Å²) >= 11 is 0. The van der Waals surface area contributed by atoms with Crippen molar-refractivity contribution in [1.29, 1.82) is 0 Å². The molecular formula is C18H41B12O3S-.